The molecule has 5 nitrogen and oxygen atoms in total. The largest absolute Gasteiger partial charge is 0.457 e. The third-order valence-electron chi connectivity index (χ3n) is 5.01. The average molecular weight is 468 g/mol. The van der Waals surface area contributed by atoms with Crippen molar-refractivity contribution < 1.29 is 9.21 Å². The van der Waals surface area contributed by atoms with Gasteiger partial charge in [0.25, 0.3) is 5.91 Å². The zero-order valence-corrected chi connectivity index (χ0v) is 18.5. The van der Waals surface area contributed by atoms with E-state index in [1.807, 2.05) is 6.07 Å². The predicted octanol–water partition coefficient (Wildman–Crippen LogP) is 6.61. The van der Waals surface area contributed by atoms with Gasteiger partial charge < -0.3 is 9.73 Å². The molecule has 0 atom stereocenters. The Morgan fingerprint density at radius 2 is 1.97 bits per heavy atom. The van der Waals surface area contributed by atoms with Crippen LogP contribution in [0.1, 0.15) is 34.6 Å². The van der Waals surface area contributed by atoms with Crippen LogP contribution in [0.5, 0.6) is 0 Å². The van der Waals surface area contributed by atoms with E-state index in [-0.39, 0.29) is 5.57 Å². The zero-order valence-electron chi connectivity index (χ0n) is 16.2. The number of carbonyl (C=O) groups excluding carboxylic acids is 1. The summed E-state index contributed by atoms with van der Waals surface area (Å²) in [4.78, 5) is 13.9. The first kappa shape index (κ1) is 21.2. The normalized spacial score (nSPS) is 13.2. The van der Waals surface area contributed by atoms with E-state index >= 15 is 0 Å². The first-order valence-electron chi connectivity index (χ1n) is 9.53. The molecule has 8 heteroatoms. The molecule has 1 aromatic carbocycles. The monoisotopic (exact) mass is 467 g/mol. The number of halogens is 2. The Labute approximate surface area is 193 Å². The van der Waals surface area contributed by atoms with E-state index in [0.717, 1.165) is 36.1 Å². The number of nitrogens with zero attached hydrogens (tertiary/aromatic N) is 2. The number of hydrogen-bond donors (Lipinski definition) is 1. The fraction of sp³-hybridized carbons (Fsp3) is 0.174. The van der Waals surface area contributed by atoms with E-state index in [4.69, 9.17) is 27.6 Å². The van der Waals surface area contributed by atoms with Gasteiger partial charge in [-0.15, -0.1) is 11.3 Å². The first-order chi connectivity index (χ1) is 15.0. The lowest BCUT2D eigenvalue weighted by molar-refractivity contribution is -0.112. The topological polar surface area (TPSA) is 89.8 Å². The van der Waals surface area contributed by atoms with Crippen LogP contribution in [0.15, 0.2) is 40.3 Å². The van der Waals surface area contributed by atoms with Crippen LogP contribution in [0.2, 0.25) is 10.0 Å². The average Bonchev–Trinajstić information content (AvgIpc) is 3.37. The van der Waals surface area contributed by atoms with E-state index < -0.39 is 5.91 Å². The maximum absolute atomic E-state index is 12.7. The van der Waals surface area contributed by atoms with E-state index in [9.17, 15) is 15.3 Å². The Morgan fingerprint density at radius 1 is 1.16 bits per heavy atom. The van der Waals surface area contributed by atoms with Crippen molar-refractivity contribution in [2.45, 2.75) is 25.7 Å². The number of furan rings is 1. The summed E-state index contributed by atoms with van der Waals surface area (Å²) in [5.41, 5.74) is 2.00. The van der Waals surface area contributed by atoms with Gasteiger partial charge in [-0.25, -0.2) is 0 Å². The minimum Gasteiger partial charge on any atom is -0.457 e. The number of nitrogens with one attached hydrogen (secondary N) is 1. The number of fused-ring (bicyclic) bond motifs is 1. The molecule has 1 amide bonds. The second kappa shape index (κ2) is 8.99. The minimum atomic E-state index is -0.587. The third kappa shape index (κ3) is 4.24. The highest BCUT2D eigenvalue weighted by Gasteiger charge is 2.23. The lowest BCUT2D eigenvalue weighted by atomic mass is 9.96. The van der Waals surface area contributed by atoms with Gasteiger partial charge in [0, 0.05) is 16.5 Å². The fourth-order valence-electron chi connectivity index (χ4n) is 3.50. The SMILES string of the molecule is N#C/C(=C\c1ccc(-c2cccc(Cl)c2Cl)o1)C(=O)Nc1sc2c(c1C#N)CCCC2. The molecule has 154 valence electrons. The summed E-state index contributed by atoms with van der Waals surface area (Å²) in [5, 5.41) is 23.0. The molecule has 4 rings (SSSR count). The molecule has 0 saturated carbocycles. The van der Waals surface area contributed by atoms with E-state index in [0.29, 0.717) is 37.7 Å². The number of amides is 1. The van der Waals surface area contributed by atoms with Crippen molar-refractivity contribution in [3.05, 3.63) is 67.7 Å². The standard InChI is InChI=1S/C23H15Cl2N3O2S/c24-18-6-3-5-16(21(18)25)19-9-8-14(30-19)10-13(11-26)22(29)28-23-17(12-27)15-4-1-2-7-20(15)31-23/h3,5-6,8-10H,1-2,4,7H2,(H,28,29)/b13-10+. The van der Waals surface area contributed by atoms with Crippen molar-refractivity contribution >= 4 is 51.5 Å². The number of aryl methyl sites for hydroxylation is 1. The molecule has 2 aromatic heterocycles. The predicted molar refractivity (Wildman–Crippen MR) is 122 cm³/mol. The van der Waals surface area contributed by atoms with Crippen LogP contribution in [-0.4, -0.2) is 5.91 Å². The van der Waals surface area contributed by atoms with Crippen molar-refractivity contribution in [2.24, 2.45) is 0 Å². The molecule has 0 unspecified atom stereocenters. The van der Waals surface area contributed by atoms with Gasteiger partial charge in [-0.05, 0) is 55.5 Å². The fourth-order valence-corrected chi connectivity index (χ4v) is 5.13. The molecular formula is C23H15Cl2N3O2S. The molecule has 0 spiro atoms. The molecule has 1 aliphatic rings. The highest BCUT2D eigenvalue weighted by atomic mass is 35.5. The molecule has 2 heterocycles. The van der Waals surface area contributed by atoms with Crippen molar-refractivity contribution in [1.82, 2.24) is 0 Å². The van der Waals surface area contributed by atoms with Crippen molar-refractivity contribution in [1.29, 1.82) is 10.5 Å². The number of anilines is 1. The van der Waals surface area contributed by atoms with Crippen LogP contribution < -0.4 is 5.32 Å². The maximum Gasteiger partial charge on any atom is 0.267 e. The van der Waals surface area contributed by atoms with Crippen LogP contribution in [0.3, 0.4) is 0 Å². The van der Waals surface area contributed by atoms with E-state index in [1.165, 1.54) is 17.4 Å². The summed E-state index contributed by atoms with van der Waals surface area (Å²) in [6, 6.07) is 12.6. The quantitative estimate of drug-likeness (QED) is 0.345. The second-order valence-corrected chi connectivity index (χ2v) is 8.84. The number of nitriles is 2. The van der Waals surface area contributed by atoms with Crippen LogP contribution in [0.25, 0.3) is 17.4 Å². The van der Waals surface area contributed by atoms with E-state index in [2.05, 4.69) is 11.4 Å². The van der Waals surface area contributed by atoms with Crippen LogP contribution >= 0.6 is 34.5 Å². The zero-order chi connectivity index (χ0) is 22.0. The summed E-state index contributed by atoms with van der Waals surface area (Å²) in [6.45, 7) is 0. The van der Waals surface area contributed by atoms with Crippen LogP contribution in [-0.2, 0) is 17.6 Å². The number of benzene rings is 1. The molecule has 0 saturated heterocycles. The molecule has 0 radical (unpaired) electrons. The third-order valence-corrected chi connectivity index (χ3v) is 7.03. The number of hydrogen-bond acceptors (Lipinski definition) is 5. The van der Waals surface area contributed by atoms with Crippen molar-refractivity contribution in [2.75, 3.05) is 5.32 Å². The van der Waals surface area contributed by atoms with Crippen molar-refractivity contribution in [3.63, 3.8) is 0 Å². The molecule has 1 N–H and O–H groups in total. The Balaban J connectivity index is 1.59. The lowest BCUT2D eigenvalue weighted by Gasteiger charge is -2.09. The second-order valence-electron chi connectivity index (χ2n) is 6.95. The lowest BCUT2D eigenvalue weighted by Crippen LogP contribution is -2.13. The molecule has 31 heavy (non-hydrogen) atoms. The number of rotatable bonds is 4. The van der Waals surface area contributed by atoms with Gasteiger partial charge in [-0.2, -0.15) is 10.5 Å². The summed E-state index contributed by atoms with van der Waals surface area (Å²) in [6.07, 6.45) is 5.22. The molecule has 0 aliphatic heterocycles. The van der Waals surface area contributed by atoms with Gasteiger partial charge in [0.2, 0.25) is 0 Å². The summed E-state index contributed by atoms with van der Waals surface area (Å²) >= 11 is 13.7. The van der Waals surface area contributed by atoms with Gasteiger partial charge in [-0.3, -0.25) is 4.79 Å². The van der Waals surface area contributed by atoms with Gasteiger partial charge in [0.1, 0.15) is 34.2 Å². The van der Waals surface area contributed by atoms with Gasteiger partial charge >= 0.3 is 0 Å². The molecule has 1 aliphatic carbocycles. The Hall–Kier alpha value is -3.03. The molecule has 0 bridgehead atoms. The Bertz CT molecular complexity index is 1290. The maximum atomic E-state index is 12.7. The van der Waals surface area contributed by atoms with Crippen LogP contribution in [0, 0.1) is 22.7 Å². The van der Waals surface area contributed by atoms with Crippen molar-refractivity contribution in [3.8, 4) is 23.5 Å². The number of carbonyl (C=O) groups is 1. The number of thiophene rings is 1. The molecule has 3 aromatic rings. The van der Waals surface area contributed by atoms with E-state index in [1.54, 1.807) is 30.3 Å². The smallest absolute Gasteiger partial charge is 0.267 e. The highest BCUT2D eigenvalue weighted by molar-refractivity contribution is 7.16. The first-order valence-corrected chi connectivity index (χ1v) is 11.1. The van der Waals surface area contributed by atoms with Crippen LogP contribution in [0.4, 0.5) is 5.00 Å². The van der Waals surface area contributed by atoms with Gasteiger partial charge in [0.15, 0.2) is 0 Å². The Kier molecular flexibility index (Phi) is 6.15. The minimum absolute atomic E-state index is 0.131. The Morgan fingerprint density at radius 3 is 2.74 bits per heavy atom. The summed E-state index contributed by atoms with van der Waals surface area (Å²) in [7, 11) is 0. The van der Waals surface area contributed by atoms with Gasteiger partial charge in [-0.1, -0.05) is 29.3 Å². The van der Waals surface area contributed by atoms with Gasteiger partial charge in [0.05, 0.1) is 15.6 Å². The summed E-state index contributed by atoms with van der Waals surface area (Å²) < 4.78 is 5.75. The molecular weight excluding hydrogens is 453 g/mol. The summed E-state index contributed by atoms with van der Waals surface area (Å²) in [5.74, 6) is 0.203. The molecule has 0 fully saturated rings. The highest BCUT2D eigenvalue weighted by Crippen LogP contribution is 2.38.